The van der Waals surface area contributed by atoms with Gasteiger partial charge >= 0.3 is 0 Å². The zero-order valence-electron chi connectivity index (χ0n) is 35.0. The van der Waals surface area contributed by atoms with Crippen LogP contribution in [0.25, 0.3) is 21.8 Å². The number of para-hydroxylation sites is 6. The van der Waals surface area contributed by atoms with Gasteiger partial charge in [0, 0.05) is 49.3 Å². The average Bonchev–Trinajstić information content (AvgIpc) is 3.30. The molecule has 314 valence electrons. The number of phenolic OH excluding ortho intramolecular Hbond substituents is 4. The van der Waals surface area contributed by atoms with Crippen LogP contribution in [0.15, 0.2) is 146 Å². The third kappa shape index (κ3) is 7.26. The Hall–Kier alpha value is -7.84. The molecule has 2 aliphatic heterocycles. The predicted octanol–water partition coefficient (Wildman–Crippen LogP) is 10.9. The molecule has 4 heterocycles. The SMILES string of the molecule is Oc1c2cccc1Cc1cccc3c1OCc1ccc4ccc5ccc(nc5c4n1)COc1c(cccc1Cc1cccc(c1O)Cc1cccc(c1O)C3)Cc1cccc(c1O)C2. The van der Waals surface area contributed by atoms with E-state index in [4.69, 9.17) is 19.4 Å². The molecular weight excluding hydrogens is 797 g/mol. The lowest BCUT2D eigenvalue weighted by Crippen LogP contribution is -2.06. The van der Waals surface area contributed by atoms with Gasteiger partial charge in [-0.25, -0.2) is 9.97 Å². The van der Waals surface area contributed by atoms with Crippen molar-refractivity contribution >= 4 is 21.8 Å². The molecule has 0 atom stereocenters. The summed E-state index contributed by atoms with van der Waals surface area (Å²) in [6.07, 6.45) is 2.05. The van der Waals surface area contributed by atoms with E-state index in [0.29, 0.717) is 94.5 Å². The molecule has 0 fully saturated rings. The molecule has 9 aromatic rings. The summed E-state index contributed by atoms with van der Waals surface area (Å²) in [6.45, 7) is 0.309. The fraction of sp³-hybridized carbons (Fsp3) is 0.143. The van der Waals surface area contributed by atoms with Gasteiger partial charge in [0.25, 0.3) is 0 Å². The Bertz CT molecular complexity index is 2940. The largest absolute Gasteiger partial charge is 0.507 e. The van der Waals surface area contributed by atoms with E-state index in [2.05, 4.69) is 12.1 Å². The van der Waals surface area contributed by atoms with Crippen LogP contribution < -0.4 is 9.47 Å². The lowest BCUT2D eigenvalue weighted by Gasteiger charge is -2.19. The Morgan fingerprint density at radius 3 is 0.812 bits per heavy atom. The van der Waals surface area contributed by atoms with E-state index < -0.39 is 0 Å². The fourth-order valence-electron chi connectivity index (χ4n) is 9.46. The number of hydrogen-bond acceptors (Lipinski definition) is 8. The van der Waals surface area contributed by atoms with Crippen molar-refractivity contribution in [1.82, 2.24) is 9.97 Å². The second kappa shape index (κ2) is 16.1. The van der Waals surface area contributed by atoms with Gasteiger partial charge in [-0.1, -0.05) is 133 Å². The number of aromatic hydroxyl groups is 4. The first-order valence-electron chi connectivity index (χ1n) is 21.7. The van der Waals surface area contributed by atoms with Gasteiger partial charge in [-0.15, -0.1) is 0 Å². The Kier molecular flexibility index (Phi) is 9.84. The van der Waals surface area contributed by atoms with Crippen LogP contribution in [-0.2, 0) is 51.7 Å². The molecule has 0 saturated carbocycles. The first-order chi connectivity index (χ1) is 31.3. The number of phenols is 4. The van der Waals surface area contributed by atoms with Crippen molar-refractivity contribution in [3.63, 3.8) is 0 Å². The third-order valence-electron chi connectivity index (χ3n) is 12.8. The molecule has 14 bridgehead atoms. The maximum Gasteiger partial charge on any atom is 0.130 e. The van der Waals surface area contributed by atoms with Crippen LogP contribution in [0.5, 0.6) is 34.5 Å². The Labute approximate surface area is 370 Å². The first kappa shape index (κ1) is 39.0. The molecule has 8 nitrogen and oxygen atoms in total. The van der Waals surface area contributed by atoms with Crippen LogP contribution >= 0.6 is 0 Å². The third-order valence-corrected chi connectivity index (χ3v) is 12.8. The summed E-state index contributed by atoms with van der Waals surface area (Å²) < 4.78 is 13.7. The number of benzene rings is 7. The minimum absolute atomic E-state index is 0.155. The Morgan fingerprint density at radius 1 is 0.297 bits per heavy atom. The number of hydrogen-bond donors (Lipinski definition) is 4. The molecule has 0 spiro atoms. The van der Waals surface area contributed by atoms with Crippen molar-refractivity contribution in [2.24, 2.45) is 0 Å². The molecular formula is C56H44N2O6. The van der Waals surface area contributed by atoms with E-state index in [0.717, 1.165) is 55.4 Å². The average molecular weight is 841 g/mol. The highest BCUT2D eigenvalue weighted by atomic mass is 16.5. The molecule has 4 N–H and O–H groups in total. The normalized spacial score (nSPS) is 13.6. The highest BCUT2D eigenvalue weighted by Crippen LogP contribution is 2.40. The number of ether oxygens (including phenoxy) is 2. The topological polar surface area (TPSA) is 125 Å². The summed E-state index contributed by atoms with van der Waals surface area (Å²) in [5.41, 5.74) is 12.0. The van der Waals surface area contributed by atoms with E-state index in [-0.39, 0.29) is 36.2 Å². The molecule has 8 heteroatoms. The minimum Gasteiger partial charge on any atom is -0.507 e. The summed E-state index contributed by atoms with van der Waals surface area (Å²) in [5, 5.41) is 49.6. The summed E-state index contributed by atoms with van der Waals surface area (Å²) in [5.74, 6) is 1.91. The predicted molar refractivity (Wildman–Crippen MR) is 248 cm³/mol. The molecule has 2 aromatic heterocycles. The van der Waals surface area contributed by atoms with E-state index in [1.165, 1.54) is 0 Å². The number of pyridine rings is 2. The van der Waals surface area contributed by atoms with Gasteiger partial charge in [0.15, 0.2) is 0 Å². The zero-order chi connectivity index (χ0) is 43.3. The van der Waals surface area contributed by atoms with Gasteiger partial charge in [0.1, 0.15) is 47.7 Å². The van der Waals surface area contributed by atoms with Gasteiger partial charge in [-0.2, -0.15) is 0 Å². The quantitative estimate of drug-likeness (QED) is 0.111. The second-order valence-electron chi connectivity index (χ2n) is 17.0. The zero-order valence-corrected chi connectivity index (χ0v) is 35.0. The second-order valence-corrected chi connectivity index (χ2v) is 17.0. The maximum absolute atomic E-state index is 11.9. The summed E-state index contributed by atoms with van der Waals surface area (Å²) in [4.78, 5) is 10.3. The molecule has 7 aromatic carbocycles. The first-order valence-corrected chi connectivity index (χ1v) is 21.7. The van der Waals surface area contributed by atoms with Crippen LogP contribution in [0, 0.1) is 0 Å². The standard InChI is InChI=1S/C56H44N2O6/c59-51-35-7-1-11-39(51)27-43-15-5-16-44-29-41-13-3-9-37(53(41)61)26-38-10-4-14-42(54(38)62)30-46-18-6-17-45(28-40-12-2-8-36(25-35)52(40)60)56(46)64-32-48-24-22-34-20-19-33-21-23-47(31-63-55(43)44)57-49(33)50(34)58-48/h1-24,59-62H,25-32H2. The summed E-state index contributed by atoms with van der Waals surface area (Å²) in [6, 6.07) is 47.2. The summed E-state index contributed by atoms with van der Waals surface area (Å²) >= 11 is 0. The van der Waals surface area contributed by atoms with Crippen LogP contribution in [-0.4, -0.2) is 30.4 Å². The lowest BCUT2D eigenvalue weighted by molar-refractivity contribution is 0.296. The minimum atomic E-state index is 0.155. The highest BCUT2D eigenvalue weighted by Gasteiger charge is 2.22. The molecule has 64 heavy (non-hydrogen) atoms. The Morgan fingerprint density at radius 2 is 0.531 bits per heavy atom. The molecule has 0 saturated heterocycles. The van der Waals surface area contributed by atoms with E-state index in [1.54, 1.807) is 0 Å². The van der Waals surface area contributed by atoms with E-state index in [9.17, 15) is 20.4 Å². The van der Waals surface area contributed by atoms with Gasteiger partial charge in [-0.3, -0.25) is 0 Å². The van der Waals surface area contributed by atoms with Crippen LogP contribution in [0.3, 0.4) is 0 Å². The van der Waals surface area contributed by atoms with Crippen molar-refractivity contribution < 1.29 is 29.9 Å². The molecule has 2 aliphatic rings. The number of aromatic nitrogens is 2. The molecule has 11 rings (SSSR count). The fourth-order valence-corrected chi connectivity index (χ4v) is 9.46. The van der Waals surface area contributed by atoms with Crippen LogP contribution in [0.2, 0.25) is 0 Å². The monoisotopic (exact) mass is 840 g/mol. The number of rotatable bonds is 0. The van der Waals surface area contributed by atoms with E-state index >= 15 is 0 Å². The lowest BCUT2D eigenvalue weighted by atomic mass is 9.91. The molecule has 0 amide bonds. The smallest absolute Gasteiger partial charge is 0.130 e. The molecule has 0 radical (unpaired) electrons. The van der Waals surface area contributed by atoms with Crippen molar-refractivity contribution in [3.05, 3.63) is 224 Å². The Balaban J connectivity index is 1.16. The van der Waals surface area contributed by atoms with Crippen molar-refractivity contribution in [2.45, 2.75) is 51.7 Å². The molecule has 0 unspecified atom stereocenters. The maximum atomic E-state index is 11.9. The number of fused-ring (bicyclic) bond motifs is 10. The van der Waals surface area contributed by atoms with E-state index in [1.807, 2.05) is 133 Å². The molecule has 0 aliphatic carbocycles. The number of nitrogens with zero attached hydrogens (tertiary/aromatic N) is 2. The van der Waals surface area contributed by atoms with Crippen molar-refractivity contribution in [2.75, 3.05) is 0 Å². The van der Waals surface area contributed by atoms with Gasteiger partial charge in [0.2, 0.25) is 0 Å². The van der Waals surface area contributed by atoms with Gasteiger partial charge in [-0.05, 0) is 78.9 Å². The summed E-state index contributed by atoms with van der Waals surface area (Å²) in [7, 11) is 0. The van der Waals surface area contributed by atoms with Crippen molar-refractivity contribution in [3.8, 4) is 34.5 Å². The van der Waals surface area contributed by atoms with Gasteiger partial charge in [0.05, 0.1) is 22.4 Å². The highest BCUT2D eigenvalue weighted by molar-refractivity contribution is 6.02. The van der Waals surface area contributed by atoms with Gasteiger partial charge < -0.3 is 29.9 Å². The van der Waals surface area contributed by atoms with Crippen molar-refractivity contribution in [1.29, 1.82) is 0 Å². The van der Waals surface area contributed by atoms with Crippen LogP contribution in [0.1, 0.15) is 78.1 Å². The van der Waals surface area contributed by atoms with Crippen LogP contribution in [0.4, 0.5) is 0 Å².